The van der Waals surface area contributed by atoms with E-state index in [0.717, 1.165) is 18.1 Å². The van der Waals surface area contributed by atoms with Gasteiger partial charge in [0.1, 0.15) is 0 Å². The number of ether oxygens (including phenoxy) is 1. The van der Waals surface area contributed by atoms with Crippen molar-refractivity contribution in [2.45, 2.75) is 39.1 Å². The van der Waals surface area contributed by atoms with Crippen molar-refractivity contribution in [3.05, 3.63) is 52.7 Å². The summed E-state index contributed by atoms with van der Waals surface area (Å²) in [6.45, 7) is 4.01. The van der Waals surface area contributed by atoms with Crippen molar-refractivity contribution >= 4 is 16.9 Å². The van der Waals surface area contributed by atoms with Crippen LogP contribution in [0.5, 0.6) is 5.88 Å². The number of hydrogen-bond donors (Lipinski definition) is 0. The van der Waals surface area contributed by atoms with E-state index >= 15 is 0 Å². The second-order valence-electron chi connectivity index (χ2n) is 7.45. The molecule has 158 valence electrons. The lowest BCUT2D eigenvalue weighted by molar-refractivity contribution is -0.139. The number of carbonyl (C=O) groups is 1. The summed E-state index contributed by atoms with van der Waals surface area (Å²) in [5, 5.41) is 3.97. The third-order valence-corrected chi connectivity index (χ3v) is 5.34. The number of nitrogens with zero attached hydrogens (tertiary/aromatic N) is 4. The molecule has 1 atom stereocenters. The summed E-state index contributed by atoms with van der Waals surface area (Å²) in [4.78, 5) is 18.7. The Morgan fingerprint density at radius 2 is 1.93 bits per heavy atom. The van der Waals surface area contributed by atoms with Gasteiger partial charge in [-0.05, 0) is 31.4 Å². The van der Waals surface area contributed by atoms with Crippen LogP contribution in [-0.4, -0.2) is 38.2 Å². The molecule has 0 saturated heterocycles. The fourth-order valence-electron chi connectivity index (χ4n) is 3.88. The average Bonchev–Trinajstić information content (AvgIpc) is 2.99. The lowest BCUT2D eigenvalue weighted by atomic mass is 9.99. The third-order valence-electron chi connectivity index (χ3n) is 5.34. The second kappa shape index (κ2) is 7.30. The maximum absolute atomic E-state index is 13.6. The number of amides is 1. The van der Waals surface area contributed by atoms with Crippen LogP contribution in [0.2, 0.25) is 0 Å². The number of aromatic nitrogens is 3. The van der Waals surface area contributed by atoms with Crippen LogP contribution in [0.4, 0.5) is 13.2 Å². The summed E-state index contributed by atoms with van der Waals surface area (Å²) >= 11 is 0. The Labute approximate surface area is 171 Å². The van der Waals surface area contributed by atoms with E-state index in [1.54, 1.807) is 4.90 Å². The van der Waals surface area contributed by atoms with Crippen molar-refractivity contribution in [3.63, 3.8) is 0 Å². The Hall–Kier alpha value is -3.10. The molecule has 0 fully saturated rings. The van der Waals surface area contributed by atoms with E-state index in [2.05, 4.69) is 10.1 Å². The normalized spacial score (nSPS) is 15.2. The summed E-state index contributed by atoms with van der Waals surface area (Å²) in [5.41, 5.74) is 1.68. The highest BCUT2D eigenvalue weighted by Crippen LogP contribution is 2.37. The summed E-state index contributed by atoms with van der Waals surface area (Å²) in [5.74, 6) is -0.544. The van der Waals surface area contributed by atoms with Gasteiger partial charge in [-0.15, -0.1) is 0 Å². The van der Waals surface area contributed by atoms with Crippen LogP contribution in [0.25, 0.3) is 11.0 Å². The predicted octanol–water partition coefficient (Wildman–Crippen LogP) is 3.65. The Morgan fingerprint density at radius 1 is 1.23 bits per heavy atom. The third kappa shape index (κ3) is 3.59. The van der Waals surface area contributed by atoms with Crippen molar-refractivity contribution in [2.75, 3.05) is 6.54 Å². The first kappa shape index (κ1) is 20.2. The molecule has 0 saturated carbocycles. The molecule has 2 aromatic heterocycles. The molecule has 1 amide bonds. The summed E-state index contributed by atoms with van der Waals surface area (Å²) in [6, 6.07) is 8.72. The molecule has 6 nitrogen and oxygen atoms in total. The molecule has 1 aliphatic rings. The molecule has 0 aliphatic carbocycles. The molecule has 3 aromatic rings. The largest absolute Gasteiger partial charge is 0.464 e. The van der Waals surface area contributed by atoms with Crippen LogP contribution < -0.4 is 4.74 Å². The Morgan fingerprint density at radius 3 is 2.63 bits per heavy atom. The Balaban J connectivity index is 1.59. The van der Waals surface area contributed by atoms with E-state index < -0.39 is 17.8 Å². The minimum atomic E-state index is -4.60. The number of benzene rings is 1. The Bertz CT molecular complexity index is 1120. The number of halogens is 3. The number of fused-ring (bicyclic) bond motifs is 2. The maximum atomic E-state index is 13.6. The van der Waals surface area contributed by atoms with E-state index in [9.17, 15) is 18.0 Å². The SMILES string of the molecule is Cc1nn(C)c2nc(OC(C)C(=O)N3CCc4ccccc4C3)cc(C(F)(F)F)c12. The van der Waals surface area contributed by atoms with Gasteiger partial charge >= 0.3 is 6.18 Å². The fraction of sp³-hybridized carbons (Fsp3) is 0.381. The first-order valence-corrected chi connectivity index (χ1v) is 9.59. The van der Waals surface area contributed by atoms with Crippen molar-refractivity contribution in [1.82, 2.24) is 19.7 Å². The van der Waals surface area contributed by atoms with Crippen LogP contribution in [-0.2, 0) is 31.0 Å². The lowest BCUT2D eigenvalue weighted by Crippen LogP contribution is -2.43. The van der Waals surface area contributed by atoms with Crippen LogP contribution in [0, 0.1) is 6.92 Å². The van der Waals surface area contributed by atoms with Crippen molar-refractivity contribution < 1.29 is 22.7 Å². The zero-order valence-electron chi connectivity index (χ0n) is 16.8. The molecule has 0 N–H and O–H groups in total. The van der Waals surface area contributed by atoms with E-state index in [-0.39, 0.29) is 28.5 Å². The number of pyridine rings is 1. The molecular weight excluding hydrogens is 397 g/mol. The van der Waals surface area contributed by atoms with Crippen molar-refractivity contribution in [3.8, 4) is 5.88 Å². The minimum Gasteiger partial charge on any atom is -0.464 e. The number of aryl methyl sites for hydroxylation is 2. The highest BCUT2D eigenvalue weighted by molar-refractivity contribution is 5.84. The van der Waals surface area contributed by atoms with Crippen LogP contribution in [0.3, 0.4) is 0 Å². The molecular formula is C21H21F3N4O2. The highest BCUT2D eigenvalue weighted by atomic mass is 19.4. The summed E-state index contributed by atoms with van der Waals surface area (Å²) in [6.07, 6.45) is -4.85. The van der Waals surface area contributed by atoms with Gasteiger partial charge in [0.15, 0.2) is 11.8 Å². The highest BCUT2D eigenvalue weighted by Gasteiger charge is 2.36. The molecule has 1 unspecified atom stereocenters. The summed E-state index contributed by atoms with van der Waals surface area (Å²) in [7, 11) is 1.52. The van der Waals surface area contributed by atoms with Crippen molar-refractivity contribution in [2.24, 2.45) is 7.05 Å². The predicted molar refractivity (Wildman–Crippen MR) is 104 cm³/mol. The molecule has 30 heavy (non-hydrogen) atoms. The molecule has 0 spiro atoms. The fourth-order valence-corrected chi connectivity index (χ4v) is 3.88. The zero-order chi connectivity index (χ0) is 21.6. The molecule has 1 aliphatic heterocycles. The van der Waals surface area contributed by atoms with E-state index in [0.29, 0.717) is 13.1 Å². The zero-order valence-corrected chi connectivity index (χ0v) is 16.8. The van der Waals surface area contributed by atoms with E-state index in [1.165, 1.54) is 31.1 Å². The molecule has 0 radical (unpaired) electrons. The van der Waals surface area contributed by atoms with E-state index in [4.69, 9.17) is 4.74 Å². The molecule has 9 heteroatoms. The monoisotopic (exact) mass is 418 g/mol. The van der Waals surface area contributed by atoms with Gasteiger partial charge in [0, 0.05) is 26.2 Å². The topological polar surface area (TPSA) is 60.2 Å². The maximum Gasteiger partial charge on any atom is 0.417 e. The van der Waals surface area contributed by atoms with E-state index in [1.807, 2.05) is 24.3 Å². The van der Waals surface area contributed by atoms with Crippen molar-refractivity contribution in [1.29, 1.82) is 0 Å². The van der Waals surface area contributed by atoms with Gasteiger partial charge in [-0.3, -0.25) is 9.48 Å². The molecule has 1 aromatic carbocycles. The van der Waals surface area contributed by atoms with Gasteiger partial charge in [-0.1, -0.05) is 24.3 Å². The quantitative estimate of drug-likeness (QED) is 0.652. The number of carbonyl (C=O) groups excluding carboxylic acids is 1. The van der Waals surface area contributed by atoms with Gasteiger partial charge in [-0.2, -0.15) is 23.3 Å². The van der Waals surface area contributed by atoms with Gasteiger partial charge in [0.25, 0.3) is 5.91 Å². The smallest absolute Gasteiger partial charge is 0.417 e. The average molecular weight is 418 g/mol. The minimum absolute atomic E-state index is 0.0591. The number of rotatable bonds is 3. The first-order chi connectivity index (χ1) is 14.1. The van der Waals surface area contributed by atoms with Crippen LogP contribution in [0.15, 0.2) is 30.3 Å². The Kier molecular flexibility index (Phi) is 4.91. The van der Waals surface area contributed by atoms with Crippen LogP contribution >= 0.6 is 0 Å². The number of hydrogen-bond acceptors (Lipinski definition) is 4. The molecule has 3 heterocycles. The van der Waals surface area contributed by atoms with Gasteiger partial charge in [0.2, 0.25) is 5.88 Å². The first-order valence-electron chi connectivity index (χ1n) is 9.59. The lowest BCUT2D eigenvalue weighted by Gasteiger charge is -2.30. The van der Waals surface area contributed by atoms with Gasteiger partial charge in [-0.25, -0.2) is 0 Å². The standard InChI is InChI=1S/C21H21F3N4O2/c1-12-18-16(21(22,23)24)10-17(25-19(18)27(3)26-12)30-13(2)20(29)28-9-8-14-6-4-5-7-15(14)11-28/h4-7,10,13H,8-9,11H2,1-3H3. The number of alkyl halides is 3. The second-order valence-corrected chi connectivity index (χ2v) is 7.45. The molecule has 4 rings (SSSR count). The molecule has 0 bridgehead atoms. The van der Waals surface area contributed by atoms with Crippen LogP contribution in [0.1, 0.15) is 29.3 Å². The van der Waals surface area contributed by atoms with Gasteiger partial charge < -0.3 is 9.64 Å². The van der Waals surface area contributed by atoms with Gasteiger partial charge in [0.05, 0.1) is 16.6 Å². The summed E-state index contributed by atoms with van der Waals surface area (Å²) < 4.78 is 47.7.